The molecule has 0 radical (unpaired) electrons. The van der Waals surface area contributed by atoms with Crippen molar-refractivity contribution >= 4 is 26.6 Å². The molecule has 3 aromatic rings. The zero-order valence-corrected chi connectivity index (χ0v) is 24.4. The molecule has 41 heavy (non-hydrogen) atoms. The molecule has 2 aliphatic heterocycles. The molecule has 0 amide bonds. The molecule has 3 aliphatic rings. The van der Waals surface area contributed by atoms with Crippen LogP contribution in [0.4, 0.5) is 11.6 Å². The van der Waals surface area contributed by atoms with Gasteiger partial charge in [-0.15, -0.1) is 5.10 Å². The third-order valence-corrected chi connectivity index (χ3v) is 9.31. The van der Waals surface area contributed by atoms with Gasteiger partial charge >= 0.3 is 0 Å². The van der Waals surface area contributed by atoms with Crippen LogP contribution in [-0.2, 0) is 14.8 Å². The summed E-state index contributed by atoms with van der Waals surface area (Å²) in [4.78, 5) is 13.6. The summed E-state index contributed by atoms with van der Waals surface area (Å²) in [6.07, 6.45) is 7.22. The Balaban J connectivity index is 1.36. The highest BCUT2D eigenvalue weighted by molar-refractivity contribution is 7.98. The molecule has 2 saturated heterocycles. The van der Waals surface area contributed by atoms with Crippen molar-refractivity contribution in [1.82, 2.24) is 25.0 Å². The second-order valence-corrected chi connectivity index (χ2v) is 13.2. The van der Waals surface area contributed by atoms with Gasteiger partial charge in [0.2, 0.25) is 16.0 Å². The quantitative estimate of drug-likeness (QED) is 0.416. The zero-order valence-electron chi connectivity index (χ0n) is 23.6. The van der Waals surface area contributed by atoms with E-state index in [0.717, 1.165) is 43.0 Å². The van der Waals surface area contributed by atoms with E-state index in [1.807, 2.05) is 33.0 Å². The van der Waals surface area contributed by atoms with Crippen LogP contribution in [0.1, 0.15) is 50.8 Å². The average molecular weight is 581 g/mol. The molecular weight excluding hydrogens is 544 g/mol. The molecule has 1 spiro atoms. The normalized spacial score (nSPS) is 22.8. The minimum atomic E-state index is -4.13. The first-order valence-corrected chi connectivity index (χ1v) is 15.5. The lowest BCUT2D eigenvalue weighted by Crippen LogP contribution is -2.46. The summed E-state index contributed by atoms with van der Waals surface area (Å²) in [5, 5.41) is 24.0. The Kier molecular flexibility index (Phi) is 6.99. The van der Waals surface area contributed by atoms with Crippen molar-refractivity contribution in [2.75, 3.05) is 36.0 Å². The minimum absolute atomic E-state index is 0.0774. The van der Waals surface area contributed by atoms with Crippen molar-refractivity contribution in [3.63, 3.8) is 0 Å². The number of aliphatic hydroxyl groups excluding tert-OH is 1. The number of primary sulfonamides is 1. The average Bonchev–Trinajstić information content (AvgIpc) is 3.48. The smallest absolute Gasteiger partial charge is 0.241 e. The van der Waals surface area contributed by atoms with Crippen LogP contribution < -0.4 is 14.9 Å². The number of rotatable bonds is 6. The van der Waals surface area contributed by atoms with E-state index < -0.39 is 10.0 Å². The molecule has 0 bridgehead atoms. The predicted octanol–water partition coefficient (Wildman–Crippen LogP) is 3.17. The fraction of sp³-hybridized carbons (Fsp3) is 0.500. The summed E-state index contributed by atoms with van der Waals surface area (Å²) >= 11 is 0. The summed E-state index contributed by atoms with van der Waals surface area (Å²) < 4.78 is 31.9. The van der Waals surface area contributed by atoms with Gasteiger partial charge in [-0.05, 0) is 75.6 Å². The maximum atomic E-state index is 12.2. The fourth-order valence-electron chi connectivity index (χ4n) is 6.00. The van der Waals surface area contributed by atoms with Gasteiger partial charge in [-0.1, -0.05) is 11.3 Å². The third kappa shape index (κ3) is 5.66. The van der Waals surface area contributed by atoms with Crippen LogP contribution in [0.3, 0.4) is 0 Å². The SMILES string of the molecule is Cc1cc(-c2cn(-c3ccc(C(=CO)S(N)(=O)=O)cc3N3CCC4(CC3)CC4)nn2)nc(N2C[C@@H](C)O[C@@H](C)C2)n1. The first-order chi connectivity index (χ1) is 19.5. The minimum Gasteiger partial charge on any atom is -0.514 e. The lowest BCUT2D eigenvalue weighted by atomic mass is 9.93. The Morgan fingerprint density at radius 2 is 1.73 bits per heavy atom. The molecule has 2 atom stereocenters. The topological polar surface area (TPSA) is 153 Å². The largest absolute Gasteiger partial charge is 0.514 e. The van der Waals surface area contributed by atoms with Gasteiger partial charge in [0.05, 0.1) is 41.7 Å². The summed E-state index contributed by atoms with van der Waals surface area (Å²) in [5.41, 5.74) is 4.40. The van der Waals surface area contributed by atoms with E-state index in [0.29, 0.717) is 47.7 Å². The standard InChI is InChI=1S/C28H36N8O4S/c1-18-12-22(31-27(30-18)35-14-19(2)40-20(3)15-35)23-16-36(33-32-23)24-5-4-21(26(17-37)41(29,38)39)13-25(24)34-10-8-28(6-7-28)9-11-34/h4-5,12-13,16-17,19-20,37H,6-11,14-15H2,1-3H3,(H2,29,38,39)/t19-,20+. The molecule has 3 fully saturated rings. The molecule has 4 heterocycles. The van der Waals surface area contributed by atoms with E-state index >= 15 is 0 Å². The fourth-order valence-corrected chi connectivity index (χ4v) is 6.60. The highest BCUT2D eigenvalue weighted by atomic mass is 32.2. The number of aromatic nitrogens is 5. The number of hydrogen-bond acceptors (Lipinski definition) is 10. The molecule has 218 valence electrons. The molecule has 1 saturated carbocycles. The van der Waals surface area contributed by atoms with Crippen molar-refractivity contribution in [1.29, 1.82) is 0 Å². The van der Waals surface area contributed by atoms with Gasteiger partial charge < -0.3 is 19.6 Å². The van der Waals surface area contributed by atoms with E-state index in [1.54, 1.807) is 22.9 Å². The van der Waals surface area contributed by atoms with Crippen molar-refractivity contribution in [2.45, 2.75) is 58.7 Å². The predicted molar refractivity (Wildman–Crippen MR) is 156 cm³/mol. The van der Waals surface area contributed by atoms with E-state index in [2.05, 4.69) is 25.1 Å². The van der Waals surface area contributed by atoms with Gasteiger partial charge in [0, 0.05) is 31.9 Å². The molecule has 0 unspecified atom stereocenters. The molecule has 1 aromatic carbocycles. The number of anilines is 2. The van der Waals surface area contributed by atoms with Crippen molar-refractivity contribution < 1.29 is 18.3 Å². The van der Waals surface area contributed by atoms with Gasteiger partial charge in [-0.2, -0.15) is 0 Å². The van der Waals surface area contributed by atoms with Crippen molar-refractivity contribution in [3.8, 4) is 17.1 Å². The first-order valence-electron chi connectivity index (χ1n) is 14.0. The van der Waals surface area contributed by atoms with E-state index in [1.165, 1.54) is 12.8 Å². The third-order valence-electron chi connectivity index (χ3n) is 8.35. The second kappa shape index (κ2) is 10.4. The number of ether oxygens (including phenoxy) is 1. The van der Waals surface area contributed by atoms with Crippen LogP contribution in [0, 0.1) is 12.3 Å². The van der Waals surface area contributed by atoms with Crippen LogP contribution in [0.15, 0.2) is 36.7 Å². The van der Waals surface area contributed by atoms with Gasteiger partial charge in [-0.3, -0.25) is 0 Å². The highest BCUT2D eigenvalue weighted by Crippen LogP contribution is 2.54. The molecule has 3 N–H and O–H groups in total. The molecular formula is C28H36N8O4S. The number of morpholine rings is 1. The van der Waals surface area contributed by atoms with Crippen molar-refractivity contribution in [3.05, 3.63) is 48.0 Å². The van der Waals surface area contributed by atoms with Crippen molar-refractivity contribution in [2.24, 2.45) is 10.6 Å². The van der Waals surface area contributed by atoms with Crippen LogP contribution in [0.25, 0.3) is 22.0 Å². The Bertz CT molecular complexity index is 1580. The molecule has 13 heteroatoms. The number of aliphatic hydroxyl groups is 1. The lowest BCUT2D eigenvalue weighted by Gasteiger charge is -2.35. The Morgan fingerprint density at radius 3 is 2.37 bits per heavy atom. The zero-order chi connectivity index (χ0) is 28.9. The maximum absolute atomic E-state index is 12.2. The molecule has 1 aliphatic carbocycles. The Labute approximate surface area is 239 Å². The second-order valence-electron chi connectivity index (χ2n) is 11.6. The van der Waals surface area contributed by atoms with Gasteiger partial charge in [-0.25, -0.2) is 28.2 Å². The summed E-state index contributed by atoms with van der Waals surface area (Å²) in [7, 11) is -4.13. The number of nitrogens with two attached hydrogens (primary N) is 1. The van der Waals surface area contributed by atoms with Gasteiger partial charge in [0.15, 0.2) is 0 Å². The summed E-state index contributed by atoms with van der Waals surface area (Å²) in [5.74, 6) is 0.634. The number of hydrogen-bond donors (Lipinski definition) is 2. The van der Waals surface area contributed by atoms with Crippen LogP contribution >= 0.6 is 0 Å². The molecule has 2 aromatic heterocycles. The monoisotopic (exact) mass is 580 g/mol. The van der Waals surface area contributed by atoms with E-state index in [4.69, 9.17) is 14.9 Å². The van der Waals surface area contributed by atoms with Crippen LogP contribution in [0.5, 0.6) is 0 Å². The van der Waals surface area contributed by atoms with E-state index in [-0.39, 0.29) is 17.1 Å². The summed E-state index contributed by atoms with van der Waals surface area (Å²) in [6, 6.07) is 7.04. The first kappa shape index (κ1) is 27.6. The lowest BCUT2D eigenvalue weighted by molar-refractivity contribution is -0.00572. The highest BCUT2D eigenvalue weighted by Gasteiger charge is 2.44. The van der Waals surface area contributed by atoms with Gasteiger partial charge in [0.1, 0.15) is 10.6 Å². The maximum Gasteiger partial charge on any atom is 0.241 e. The number of nitrogens with zero attached hydrogens (tertiary/aromatic N) is 7. The van der Waals surface area contributed by atoms with Gasteiger partial charge in [0.25, 0.3) is 0 Å². The number of sulfonamides is 1. The van der Waals surface area contributed by atoms with Crippen LogP contribution in [0.2, 0.25) is 0 Å². The Hall–Kier alpha value is -3.55. The molecule has 12 nitrogen and oxygen atoms in total. The van der Waals surface area contributed by atoms with Crippen LogP contribution in [-0.4, -0.2) is 76.9 Å². The number of piperidine rings is 1. The Morgan fingerprint density at radius 1 is 1.02 bits per heavy atom. The van der Waals surface area contributed by atoms with E-state index in [9.17, 15) is 13.5 Å². The molecule has 6 rings (SSSR count). The summed E-state index contributed by atoms with van der Waals surface area (Å²) in [6.45, 7) is 9.12. The number of aryl methyl sites for hydroxylation is 1. The number of benzene rings is 1.